The first-order chi connectivity index (χ1) is 6.75. The number of aromatic nitrogens is 2. The molecule has 0 bridgehead atoms. The molecule has 0 saturated heterocycles. The first kappa shape index (κ1) is 9.16. The maximum atomic E-state index is 5.79. The minimum Gasteiger partial charge on any atom is -0.261 e. The zero-order valence-electron chi connectivity index (χ0n) is 7.74. The predicted octanol–water partition coefficient (Wildman–Crippen LogP) is 3.11. The van der Waals surface area contributed by atoms with Crippen molar-refractivity contribution in [3.8, 4) is 11.3 Å². The molecule has 0 unspecified atom stereocenters. The van der Waals surface area contributed by atoms with E-state index in [4.69, 9.17) is 11.6 Å². The molecule has 0 atom stereocenters. The lowest BCUT2D eigenvalue weighted by Gasteiger charge is -2.00. The standard InChI is InChI=1S/C11H9ClN2/c1-8-5-6-9(7-13-8)10-3-2-4-11(12)14-10/h2-7H,1H3. The van der Waals surface area contributed by atoms with Crippen molar-refractivity contribution in [2.24, 2.45) is 0 Å². The van der Waals surface area contributed by atoms with E-state index in [1.165, 1.54) is 0 Å². The summed E-state index contributed by atoms with van der Waals surface area (Å²) in [6.45, 7) is 1.95. The van der Waals surface area contributed by atoms with Gasteiger partial charge in [-0.15, -0.1) is 0 Å². The third-order valence-electron chi connectivity index (χ3n) is 1.92. The number of hydrogen-bond donors (Lipinski definition) is 0. The molecule has 0 aromatic carbocycles. The number of halogens is 1. The van der Waals surface area contributed by atoms with Gasteiger partial charge < -0.3 is 0 Å². The highest BCUT2D eigenvalue weighted by atomic mass is 35.5. The van der Waals surface area contributed by atoms with E-state index in [9.17, 15) is 0 Å². The van der Waals surface area contributed by atoms with Gasteiger partial charge in [-0.05, 0) is 31.2 Å². The smallest absolute Gasteiger partial charge is 0.129 e. The second-order valence-corrected chi connectivity index (χ2v) is 3.42. The molecule has 2 rings (SSSR count). The van der Waals surface area contributed by atoms with E-state index >= 15 is 0 Å². The Kier molecular flexibility index (Phi) is 2.46. The second kappa shape index (κ2) is 3.76. The highest BCUT2D eigenvalue weighted by Gasteiger charge is 1.99. The summed E-state index contributed by atoms with van der Waals surface area (Å²) in [6, 6.07) is 9.49. The Bertz CT molecular complexity index is 437. The van der Waals surface area contributed by atoms with Gasteiger partial charge >= 0.3 is 0 Å². The topological polar surface area (TPSA) is 25.8 Å². The Morgan fingerprint density at radius 2 is 2.00 bits per heavy atom. The lowest BCUT2D eigenvalue weighted by Crippen LogP contribution is -1.86. The van der Waals surface area contributed by atoms with Gasteiger partial charge in [-0.2, -0.15) is 0 Å². The number of rotatable bonds is 1. The molecule has 2 heterocycles. The van der Waals surface area contributed by atoms with Crippen molar-refractivity contribution in [1.29, 1.82) is 0 Å². The molecule has 2 aromatic heterocycles. The summed E-state index contributed by atoms with van der Waals surface area (Å²) in [6.07, 6.45) is 1.80. The van der Waals surface area contributed by atoms with Crippen LogP contribution < -0.4 is 0 Å². The van der Waals surface area contributed by atoms with Gasteiger partial charge in [-0.1, -0.05) is 17.7 Å². The molecule has 0 fully saturated rings. The molecular formula is C11H9ClN2. The van der Waals surface area contributed by atoms with Gasteiger partial charge in [-0.25, -0.2) is 4.98 Å². The fourth-order valence-electron chi connectivity index (χ4n) is 1.19. The molecule has 0 saturated carbocycles. The van der Waals surface area contributed by atoms with Crippen LogP contribution in [0, 0.1) is 6.92 Å². The first-order valence-electron chi connectivity index (χ1n) is 4.31. The minimum absolute atomic E-state index is 0.503. The highest BCUT2D eigenvalue weighted by Crippen LogP contribution is 2.17. The van der Waals surface area contributed by atoms with Crippen LogP contribution in [-0.2, 0) is 0 Å². The van der Waals surface area contributed by atoms with E-state index in [1.807, 2.05) is 31.2 Å². The van der Waals surface area contributed by atoms with Crippen LogP contribution in [0.2, 0.25) is 5.15 Å². The number of aryl methyl sites for hydroxylation is 1. The molecule has 2 aromatic rings. The Hall–Kier alpha value is -1.41. The average molecular weight is 205 g/mol. The van der Waals surface area contributed by atoms with Crippen LogP contribution in [0.5, 0.6) is 0 Å². The third kappa shape index (κ3) is 1.91. The van der Waals surface area contributed by atoms with Crippen LogP contribution in [0.3, 0.4) is 0 Å². The quantitative estimate of drug-likeness (QED) is 0.667. The van der Waals surface area contributed by atoms with Gasteiger partial charge in [0.2, 0.25) is 0 Å². The lowest BCUT2D eigenvalue weighted by molar-refractivity contribution is 1.19. The second-order valence-electron chi connectivity index (χ2n) is 3.03. The molecular weight excluding hydrogens is 196 g/mol. The van der Waals surface area contributed by atoms with Crippen molar-refractivity contribution in [3.05, 3.63) is 47.4 Å². The van der Waals surface area contributed by atoms with Gasteiger partial charge in [0.1, 0.15) is 5.15 Å². The average Bonchev–Trinajstić information content (AvgIpc) is 2.19. The molecule has 14 heavy (non-hydrogen) atoms. The summed E-state index contributed by atoms with van der Waals surface area (Å²) in [5, 5.41) is 0.503. The molecule has 0 amide bonds. The first-order valence-corrected chi connectivity index (χ1v) is 4.69. The SMILES string of the molecule is Cc1ccc(-c2cccc(Cl)n2)cn1. The molecule has 2 nitrogen and oxygen atoms in total. The van der Waals surface area contributed by atoms with Gasteiger partial charge in [0.25, 0.3) is 0 Å². The highest BCUT2D eigenvalue weighted by molar-refractivity contribution is 6.29. The van der Waals surface area contributed by atoms with Crippen molar-refractivity contribution < 1.29 is 0 Å². The van der Waals surface area contributed by atoms with Crippen LogP contribution in [-0.4, -0.2) is 9.97 Å². The number of pyridine rings is 2. The summed E-state index contributed by atoms with van der Waals surface area (Å²) < 4.78 is 0. The van der Waals surface area contributed by atoms with E-state index in [2.05, 4.69) is 9.97 Å². The largest absolute Gasteiger partial charge is 0.261 e. The molecule has 0 N–H and O–H groups in total. The molecule has 0 aliphatic carbocycles. The van der Waals surface area contributed by atoms with E-state index < -0.39 is 0 Å². The van der Waals surface area contributed by atoms with E-state index in [0.717, 1.165) is 17.0 Å². The monoisotopic (exact) mass is 204 g/mol. The summed E-state index contributed by atoms with van der Waals surface area (Å²) in [7, 11) is 0. The van der Waals surface area contributed by atoms with Crippen LogP contribution in [0.4, 0.5) is 0 Å². The Morgan fingerprint density at radius 3 is 2.64 bits per heavy atom. The Morgan fingerprint density at radius 1 is 1.14 bits per heavy atom. The maximum Gasteiger partial charge on any atom is 0.129 e. The summed E-state index contributed by atoms with van der Waals surface area (Å²) in [4.78, 5) is 8.40. The lowest BCUT2D eigenvalue weighted by atomic mass is 10.2. The van der Waals surface area contributed by atoms with Gasteiger partial charge in [-0.3, -0.25) is 4.98 Å². The summed E-state index contributed by atoms with van der Waals surface area (Å²) >= 11 is 5.79. The number of hydrogen-bond acceptors (Lipinski definition) is 2. The fourth-order valence-corrected chi connectivity index (χ4v) is 1.35. The normalized spacial score (nSPS) is 10.1. The van der Waals surface area contributed by atoms with Crippen LogP contribution in [0.25, 0.3) is 11.3 Å². The summed E-state index contributed by atoms with van der Waals surface area (Å²) in [5.74, 6) is 0. The van der Waals surface area contributed by atoms with Crippen LogP contribution >= 0.6 is 11.6 Å². The molecule has 0 radical (unpaired) electrons. The zero-order valence-corrected chi connectivity index (χ0v) is 8.49. The van der Waals surface area contributed by atoms with E-state index in [1.54, 1.807) is 12.3 Å². The van der Waals surface area contributed by atoms with Crippen LogP contribution in [0.15, 0.2) is 36.5 Å². The summed E-state index contributed by atoms with van der Waals surface area (Å²) in [5.41, 5.74) is 2.83. The van der Waals surface area contributed by atoms with Crippen LogP contribution in [0.1, 0.15) is 5.69 Å². The van der Waals surface area contributed by atoms with Crippen molar-refractivity contribution in [2.45, 2.75) is 6.92 Å². The van der Waals surface area contributed by atoms with Gasteiger partial charge in [0.05, 0.1) is 5.69 Å². The van der Waals surface area contributed by atoms with Gasteiger partial charge in [0, 0.05) is 17.5 Å². The van der Waals surface area contributed by atoms with E-state index in [0.29, 0.717) is 5.15 Å². The van der Waals surface area contributed by atoms with Crippen molar-refractivity contribution >= 4 is 11.6 Å². The fraction of sp³-hybridized carbons (Fsp3) is 0.0909. The van der Waals surface area contributed by atoms with Gasteiger partial charge in [0.15, 0.2) is 0 Å². The molecule has 0 spiro atoms. The molecule has 0 aliphatic heterocycles. The van der Waals surface area contributed by atoms with E-state index in [-0.39, 0.29) is 0 Å². The minimum atomic E-state index is 0.503. The molecule has 3 heteroatoms. The number of nitrogens with zero attached hydrogens (tertiary/aromatic N) is 2. The maximum absolute atomic E-state index is 5.79. The van der Waals surface area contributed by atoms with Crippen molar-refractivity contribution in [2.75, 3.05) is 0 Å². The third-order valence-corrected chi connectivity index (χ3v) is 2.13. The zero-order chi connectivity index (χ0) is 9.97. The van der Waals surface area contributed by atoms with Crippen molar-refractivity contribution in [3.63, 3.8) is 0 Å². The Labute approximate surface area is 87.6 Å². The Balaban J connectivity index is 2.44. The molecule has 0 aliphatic rings. The predicted molar refractivity (Wildman–Crippen MR) is 57.2 cm³/mol. The molecule has 70 valence electrons. The van der Waals surface area contributed by atoms with Crippen molar-refractivity contribution in [1.82, 2.24) is 9.97 Å².